The molecule has 0 aliphatic carbocycles. The van der Waals surface area contributed by atoms with E-state index in [0.717, 1.165) is 24.5 Å². The Morgan fingerprint density at radius 3 is 2.81 bits per heavy atom. The van der Waals surface area contributed by atoms with E-state index in [0.29, 0.717) is 24.7 Å². The summed E-state index contributed by atoms with van der Waals surface area (Å²) in [5.74, 6) is 0.0792. The van der Waals surface area contributed by atoms with Crippen LogP contribution < -0.4 is 15.0 Å². The number of amides is 1. The van der Waals surface area contributed by atoms with Gasteiger partial charge in [0.25, 0.3) is 5.91 Å². The molecule has 6 heteroatoms. The maximum absolute atomic E-state index is 12.7. The van der Waals surface area contributed by atoms with E-state index in [1.807, 2.05) is 18.2 Å². The SMILES string of the molecule is COCCOc1ncccc1C(=O)Nc1cccc(N2CCCCC2)c1. The molecule has 1 amide bonds. The highest BCUT2D eigenvalue weighted by molar-refractivity contribution is 6.06. The Hall–Kier alpha value is -2.60. The van der Waals surface area contributed by atoms with Crippen molar-refractivity contribution >= 4 is 17.3 Å². The fraction of sp³-hybridized carbons (Fsp3) is 0.400. The van der Waals surface area contributed by atoms with Crippen LogP contribution in [0.25, 0.3) is 0 Å². The van der Waals surface area contributed by atoms with Crippen LogP contribution >= 0.6 is 0 Å². The summed E-state index contributed by atoms with van der Waals surface area (Å²) >= 11 is 0. The second kappa shape index (κ2) is 9.20. The van der Waals surface area contributed by atoms with Crippen molar-refractivity contribution in [3.8, 4) is 5.88 Å². The number of nitrogens with zero attached hydrogens (tertiary/aromatic N) is 2. The number of benzene rings is 1. The molecule has 1 aromatic carbocycles. The number of rotatable bonds is 7. The van der Waals surface area contributed by atoms with Crippen LogP contribution in [-0.4, -0.2) is 44.3 Å². The molecular weight excluding hydrogens is 330 g/mol. The van der Waals surface area contributed by atoms with Gasteiger partial charge in [0.1, 0.15) is 12.2 Å². The van der Waals surface area contributed by atoms with Gasteiger partial charge in [-0.05, 0) is 49.6 Å². The van der Waals surface area contributed by atoms with E-state index in [1.165, 1.54) is 19.3 Å². The summed E-state index contributed by atoms with van der Waals surface area (Å²) in [7, 11) is 1.60. The first kappa shape index (κ1) is 18.2. The number of hydrogen-bond acceptors (Lipinski definition) is 5. The number of carbonyl (C=O) groups is 1. The highest BCUT2D eigenvalue weighted by atomic mass is 16.5. The summed E-state index contributed by atoms with van der Waals surface area (Å²) < 4.78 is 10.5. The molecule has 0 atom stereocenters. The van der Waals surface area contributed by atoms with Gasteiger partial charge in [0.2, 0.25) is 5.88 Å². The van der Waals surface area contributed by atoms with Crippen molar-refractivity contribution in [2.75, 3.05) is 43.6 Å². The lowest BCUT2D eigenvalue weighted by Gasteiger charge is -2.29. The average molecular weight is 355 g/mol. The van der Waals surface area contributed by atoms with Gasteiger partial charge in [-0.2, -0.15) is 0 Å². The van der Waals surface area contributed by atoms with Crippen LogP contribution in [0.2, 0.25) is 0 Å². The van der Waals surface area contributed by atoms with Crippen molar-refractivity contribution in [3.63, 3.8) is 0 Å². The summed E-state index contributed by atoms with van der Waals surface area (Å²) in [6.07, 6.45) is 5.33. The smallest absolute Gasteiger partial charge is 0.261 e. The van der Waals surface area contributed by atoms with Gasteiger partial charge in [0, 0.05) is 37.8 Å². The quantitative estimate of drug-likeness (QED) is 0.772. The van der Waals surface area contributed by atoms with Crippen LogP contribution in [0.15, 0.2) is 42.6 Å². The van der Waals surface area contributed by atoms with E-state index in [9.17, 15) is 4.79 Å². The topological polar surface area (TPSA) is 63.7 Å². The number of nitrogens with one attached hydrogen (secondary N) is 1. The number of anilines is 2. The lowest BCUT2D eigenvalue weighted by molar-refractivity contribution is 0.101. The lowest BCUT2D eigenvalue weighted by Crippen LogP contribution is -2.29. The first-order valence-electron chi connectivity index (χ1n) is 9.01. The fourth-order valence-corrected chi connectivity index (χ4v) is 3.03. The van der Waals surface area contributed by atoms with Gasteiger partial charge in [0.05, 0.1) is 6.61 Å². The zero-order valence-electron chi connectivity index (χ0n) is 15.1. The predicted octanol–water partition coefficient (Wildman–Crippen LogP) is 3.35. The zero-order chi connectivity index (χ0) is 18.2. The zero-order valence-corrected chi connectivity index (χ0v) is 15.1. The van der Waals surface area contributed by atoms with E-state index in [1.54, 1.807) is 25.4 Å². The summed E-state index contributed by atoms with van der Waals surface area (Å²) in [5.41, 5.74) is 2.32. The monoisotopic (exact) mass is 355 g/mol. The highest BCUT2D eigenvalue weighted by Gasteiger charge is 2.15. The van der Waals surface area contributed by atoms with Gasteiger partial charge in [-0.25, -0.2) is 4.98 Å². The number of methoxy groups -OCH3 is 1. The van der Waals surface area contributed by atoms with E-state index >= 15 is 0 Å². The molecule has 0 bridgehead atoms. The Morgan fingerprint density at radius 2 is 2.00 bits per heavy atom. The molecule has 0 saturated carbocycles. The molecule has 0 spiro atoms. The summed E-state index contributed by atoms with van der Waals surface area (Å²) in [6.45, 7) is 2.92. The first-order chi connectivity index (χ1) is 12.8. The molecule has 3 rings (SSSR count). The van der Waals surface area contributed by atoms with Gasteiger partial charge in [0.15, 0.2) is 0 Å². The highest BCUT2D eigenvalue weighted by Crippen LogP contribution is 2.24. The van der Waals surface area contributed by atoms with Crippen molar-refractivity contribution in [2.24, 2.45) is 0 Å². The summed E-state index contributed by atoms with van der Waals surface area (Å²) in [6, 6.07) is 11.4. The third-order valence-corrected chi connectivity index (χ3v) is 4.37. The van der Waals surface area contributed by atoms with Gasteiger partial charge >= 0.3 is 0 Å². The molecule has 1 N–H and O–H groups in total. The minimum atomic E-state index is -0.235. The molecule has 1 aliphatic rings. The normalized spacial score (nSPS) is 14.1. The molecule has 2 heterocycles. The molecular formula is C20H25N3O3. The van der Waals surface area contributed by atoms with E-state index < -0.39 is 0 Å². The van der Waals surface area contributed by atoms with Crippen LogP contribution in [0.3, 0.4) is 0 Å². The standard InChI is InChI=1S/C20H25N3O3/c1-25-13-14-26-20-18(9-6-10-21-20)19(24)22-16-7-5-8-17(15-16)23-11-3-2-4-12-23/h5-10,15H,2-4,11-14H2,1H3,(H,22,24). The Labute approximate surface area is 154 Å². The summed E-state index contributed by atoms with van der Waals surface area (Å²) in [5, 5.41) is 2.95. The maximum Gasteiger partial charge on any atom is 0.261 e. The number of carbonyl (C=O) groups excluding carboxylic acids is 1. The van der Waals surface area contributed by atoms with Crippen LogP contribution in [0.5, 0.6) is 5.88 Å². The molecule has 0 radical (unpaired) electrons. The fourth-order valence-electron chi connectivity index (χ4n) is 3.03. The number of aromatic nitrogens is 1. The number of ether oxygens (including phenoxy) is 2. The van der Waals surface area contributed by atoms with Crippen LogP contribution in [0.1, 0.15) is 29.6 Å². The molecule has 26 heavy (non-hydrogen) atoms. The van der Waals surface area contributed by atoms with Crippen LogP contribution in [-0.2, 0) is 4.74 Å². The molecule has 1 aliphatic heterocycles. The van der Waals surface area contributed by atoms with Gasteiger partial charge in [-0.1, -0.05) is 6.07 Å². The second-order valence-corrected chi connectivity index (χ2v) is 6.25. The summed E-state index contributed by atoms with van der Waals surface area (Å²) in [4.78, 5) is 19.2. The predicted molar refractivity (Wildman–Crippen MR) is 102 cm³/mol. The first-order valence-corrected chi connectivity index (χ1v) is 9.01. The van der Waals surface area contributed by atoms with E-state index in [2.05, 4.69) is 21.3 Å². The third kappa shape index (κ3) is 4.73. The van der Waals surface area contributed by atoms with E-state index in [-0.39, 0.29) is 5.91 Å². The second-order valence-electron chi connectivity index (χ2n) is 6.25. The molecule has 1 fully saturated rings. The minimum Gasteiger partial charge on any atom is -0.475 e. The Morgan fingerprint density at radius 1 is 1.15 bits per heavy atom. The Balaban J connectivity index is 1.70. The van der Waals surface area contributed by atoms with Crippen molar-refractivity contribution in [2.45, 2.75) is 19.3 Å². The maximum atomic E-state index is 12.7. The minimum absolute atomic E-state index is 0.235. The molecule has 1 saturated heterocycles. The lowest BCUT2D eigenvalue weighted by atomic mass is 10.1. The van der Waals surface area contributed by atoms with Crippen molar-refractivity contribution in [1.29, 1.82) is 0 Å². The number of piperidine rings is 1. The number of pyridine rings is 1. The molecule has 6 nitrogen and oxygen atoms in total. The van der Waals surface area contributed by atoms with Gasteiger partial charge in [-0.15, -0.1) is 0 Å². The Kier molecular flexibility index (Phi) is 6.44. The van der Waals surface area contributed by atoms with Crippen molar-refractivity contribution < 1.29 is 14.3 Å². The van der Waals surface area contributed by atoms with Gasteiger partial charge < -0.3 is 19.7 Å². The third-order valence-electron chi connectivity index (χ3n) is 4.37. The average Bonchev–Trinajstić information content (AvgIpc) is 2.69. The van der Waals surface area contributed by atoms with Crippen LogP contribution in [0, 0.1) is 0 Å². The molecule has 0 unspecified atom stereocenters. The molecule has 138 valence electrons. The Bertz CT molecular complexity index is 730. The molecule has 1 aromatic heterocycles. The molecule has 2 aromatic rings. The van der Waals surface area contributed by atoms with Gasteiger partial charge in [-0.3, -0.25) is 4.79 Å². The van der Waals surface area contributed by atoms with Crippen LogP contribution in [0.4, 0.5) is 11.4 Å². The van der Waals surface area contributed by atoms with E-state index in [4.69, 9.17) is 9.47 Å². The van der Waals surface area contributed by atoms with Crippen molar-refractivity contribution in [1.82, 2.24) is 4.98 Å². The van der Waals surface area contributed by atoms with Crippen molar-refractivity contribution in [3.05, 3.63) is 48.2 Å². The number of hydrogen-bond donors (Lipinski definition) is 1. The largest absolute Gasteiger partial charge is 0.475 e.